The number of rotatable bonds is 4. The molecular weight excluding hydrogens is 279 g/mol. The van der Waals surface area contributed by atoms with E-state index in [1.54, 1.807) is 12.1 Å². The lowest BCUT2D eigenvalue weighted by Gasteiger charge is -2.37. The predicted molar refractivity (Wildman–Crippen MR) is 86.1 cm³/mol. The van der Waals surface area contributed by atoms with E-state index in [0.29, 0.717) is 5.92 Å². The maximum atomic E-state index is 13.0. The molecule has 1 atom stereocenters. The summed E-state index contributed by atoms with van der Waals surface area (Å²) < 4.78 is 13.0. The van der Waals surface area contributed by atoms with Crippen LogP contribution in [0.5, 0.6) is 0 Å². The summed E-state index contributed by atoms with van der Waals surface area (Å²) in [5, 5.41) is 13.9. The van der Waals surface area contributed by atoms with Gasteiger partial charge in [-0.05, 0) is 81.4 Å². The molecule has 4 heteroatoms. The molecule has 1 unspecified atom stereocenters. The number of benzene rings is 1. The van der Waals surface area contributed by atoms with E-state index in [9.17, 15) is 9.50 Å². The lowest BCUT2D eigenvalue weighted by atomic mass is 9.86. The third-order valence-corrected chi connectivity index (χ3v) is 5.27. The predicted octanol–water partition coefficient (Wildman–Crippen LogP) is 2.57. The molecule has 2 heterocycles. The molecule has 2 fully saturated rings. The Balaban J connectivity index is 1.47. The number of piperidine rings is 2. The maximum Gasteiger partial charge on any atom is 0.123 e. The Hall–Kier alpha value is -0.970. The normalized spacial score (nSPS) is 23.5. The van der Waals surface area contributed by atoms with Gasteiger partial charge in [0.2, 0.25) is 0 Å². The van der Waals surface area contributed by atoms with Gasteiger partial charge in [0.1, 0.15) is 5.82 Å². The fourth-order valence-corrected chi connectivity index (χ4v) is 3.81. The van der Waals surface area contributed by atoms with Gasteiger partial charge in [0.15, 0.2) is 0 Å². The summed E-state index contributed by atoms with van der Waals surface area (Å²) >= 11 is 0. The molecular formula is C18H27FN2O. The number of halogens is 1. The largest absolute Gasteiger partial charge is 0.388 e. The molecule has 22 heavy (non-hydrogen) atoms. The molecule has 2 aliphatic heterocycles. The average molecular weight is 306 g/mol. The Kier molecular flexibility index (Phi) is 5.45. The Labute approximate surface area is 132 Å². The van der Waals surface area contributed by atoms with Crippen LogP contribution in [0.4, 0.5) is 4.39 Å². The topological polar surface area (TPSA) is 35.5 Å². The van der Waals surface area contributed by atoms with E-state index in [1.165, 1.54) is 31.5 Å². The number of hydrogen-bond donors (Lipinski definition) is 2. The highest BCUT2D eigenvalue weighted by atomic mass is 19.1. The van der Waals surface area contributed by atoms with Crippen molar-refractivity contribution >= 4 is 0 Å². The van der Waals surface area contributed by atoms with Crippen LogP contribution in [0.15, 0.2) is 24.3 Å². The molecule has 122 valence electrons. The maximum absolute atomic E-state index is 13.0. The van der Waals surface area contributed by atoms with Gasteiger partial charge in [0.25, 0.3) is 0 Å². The van der Waals surface area contributed by atoms with E-state index in [0.717, 1.165) is 50.5 Å². The third kappa shape index (κ3) is 4.06. The molecule has 2 aliphatic rings. The Morgan fingerprint density at radius 2 is 1.73 bits per heavy atom. The summed E-state index contributed by atoms with van der Waals surface area (Å²) in [6, 6.07) is 6.29. The smallest absolute Gasteiger partial charge is 0.123 e. The molecule has 3 nitrogen and oxygen atoms in total. The molecule has 1 aromatic carbocycles. The van der Waals surface area contributed by atoms with Crippen molar-refractivity contribution in [3.8, 4) is 0 Å². The summed E-state index contributed by atoms with van der Waals surface area (Å²) in [6.45, 7) is 5.68. The molecule has 0 aromatic heterocycles. The summed E-state index contributed by atoms with van der Waals surface area (Å²) in [5.74, 6) is 0.891. The van der Waals surface area contributed by atoms with E-state index in [-0.39, 0.29) is 5.82 Å². The summed E-state index contributed by atoms with van der Waals surface area (Å²) in [6.07, 6.45) is 4.19. The lowest BCUT2D eigenvalue weighted by Crippen LogP contribution is -2.41. The van der Waals surface area contributed by atoms with Crippen LogP contribution in [0.2, 0.25) is 0 Å². The quantitative estimate of drug-likeness (QED) is 0.897. The average Bonchev–Trinajstić information content (AvgIpc) is 2.57. The summed E-state index contributed by atoms with van der Waals surface area (Å²) in [7, 11) is 0. The van der Waals surface area contributed by atoms with Crippen LogP contribution in [0.25, 0.3) is 0 Å². The van der Waals surface area contributed by atoms with E-state index in [4.69, 9.17) is 0 Å². The van der Waals surface area contributed by atoms with Crippen molar-refractivity contribution in [1.29, 1.82) is 0 Å². The first-order chi connectivity index (χ1) is 10.7. The minimum Gasteiger partial charge on any atom is -0.388 e. The molecule has 1 aromatic rings. The molecule has 2 N–H and O–H groups in total. The number of nitrogens with one attached hydrogen (secondary N) is 1. The zero-order valence-corrected chi connectivity index (χ0v) is 13.2. The van der Waals surface area contributed by atoms with E-state index in [2.05, 4.69) is 10.2 Å². The highest BCUT2D eigenvalue weighted by Gasteiger charge is 2.27. The van der Waals surface area contributed by atoms with Crippen molar-refractivity contribution in [3.63, 3.8) is 0 Å². The van der Waals surface area contributed by atoms with Gasteiger partial charge >= 0.3 is 0 Å². The Morgan fingerprint density at radius 3 is 2.36 bits per heavy atom. The van der Waals surface area contributed by atoms with Gasteiger partial charge in [0, 0.05) is 6.54 Å². The van der Waals surface area contributed by atoms with E-state index >= 15 is 0 Å². The van der Waals surface area contributed by atoms with Crippen molar-refractivity contribution < 1.29 is 9.50 Å². The van der Waals surface area contributed by atoms with Crippen molar-refractivity contribution in [1.82, 2.24) is 10.2 Å². The van der Waals surface area contributed by atoms with Gasteiger partial charge in [0.05, 0.1) is 6.10 Å². The standard InChI is InChI=1S/C18H27FN2O/c19-17-3-1-15(2-4-17)18(22)16-7-11-21(12-8-16)13-14-5-9-20-10-6-14/h1-4,14,16,18,20,22H,5-13H2. The van der Waals surface area contributed by atoms with Crippen LogP contribution in [0.1, 0.15) is 37.4 Å². The van der Waals surface area contributed by atoms with Crippen LogP contribution < -0.4 is 5.32 Å². The van der Waals surface area contributed by atoms with Crippen LogP contribution in [-0.4, -0.2) is 42.7 Å². The van der Waals surface area contributed by atoms with Gasteiger partial charge in [-0.25, -0.2) is 4.39 Å². The molecule has 0 radical (unpaired) electrons. The van der Waals surface area contributed by atoms with E-state index < -0.39 is 6.10 Å². The monoisotopic (exact) mass is 306 g/mol. The number of nitrogens with zero attached hydrogens (tertiary/aromatic N) is 1. The van der Waals surface area contributed by atoms with Crippen LogP contribution in [0, 0.1) is 17.7 Å². The number of aliphatic hydroxyl groups excluding tert-OH is 1. The van der Waals surface area contributed by atoms with Gasteiger partial charge in [-0.1, -0.05) is 12.1 Å². The molecule has 0 bridgehead atoms. The third-order valence-electron chi connectivity index (χ3n) is 5.27. The zero-order valence-electron chi connectivity index (χ0n) is 13.2. The molecule has 2 saturated heterocycles. The van der Waals surface area contributed by atoms with Gasteiger partial charge in [-0.15, -0.1) is 0 Å². The van der Waals surface area contributed by atoms with Gasteiger partial charge < -0.3 is 15.3 Å². The molecule has 0 saturated carbocycles. The lowest BCUT2D eigenvalue weighted by molar-refractivity contribution is 0.0525. The minimum atomic E-state index is -0.457. The second-order valence-electron chi connectivity index (χ2n) is 6.83. The highest BCUT2D eigenvalue weighted by molar-refractivity contribution is 5.19. The van der Waals surface area contributed by atoms with E-state index in [1.807, 2.05) is 0 Å². The number of likely N-dealkylation sites (tertiary alicyclic amines) is 1. The molecule has 0 aliphatic carbocycles. The summed E-state index contributed by atoms with van der Waals surface area (Å²) in [4.78, 5) is 2.56. The SMILES string of the molecule is OC(c1ccc(F)cc1)C1CCN(CC2CCNCC2)CC1. The molecule has 3 rings (SSSR count). The van der Waals surface area contributed by atoms with Gasteiger partial charge in [-0.2, -0.15) is 0 Å². The number of hydrogen-bond acceptors (Lipinski definition) is 3. The van der Waals surface area contributed by atoms with Crippen LogP contribution in [-0.2, 0) is 0 Å². The van der Waals surface area contributed by atoms with Crippen LogP contribution in [0.3, 0.4) is 0 Å². The fraction of sp³-hybridized carbons (Fsp3) is 0.667. The number of aliphatic hydroxyl groups is 1. The van der Waals surface area contributed by atoms with Crippen LogP contribution >= 0.6 is 0 Å². The first kappa shape index (κ1) is 15.9. The zero-order chi connectivity index (χ0) is 15.4. The highest BCUT2D eigenvalue weighted by Crippen LogP contribution is 2.31. The van der Waals surface area contributed by atoms with Crippen molar-refractivity contribution in [3.05, 3.63) is 35.6 Å². The fourth-order valence-electron chi connectivity index (χ4n) is 3.81. The summed E-state index contributed by atoms with van der Waals surface area (Å²) in [5.41, 5.74) is 0.846. The van der Waals surface area contributed by atoms with Crippen molar-refractivity contribution in [2.75, 3.05) is 32.7 Å². The van der Waals surface area contributed by atoms with Gasteiger partial charge in [-0.3, -0.25) is 0 Å². The first-order valence-corrected chi connectivity index (χ1v) is 8.59. The Bertz CT molecular complexity index is 451. The molecule has 0 spiro atoms. The van der Waals surface area contributed by atoms with Crippen molar-refractivity contribution in [2.45, 2.75) is 31.8 Å². The first-order valence-electron chi connectivity index (χ1n) is 8.59. The van der Waals surface area contributed by atoms with Crippen molar-refractivity contribution in [2.24, 2.45) is 11.8 Å². The Morgan fingerprint density at radius 1 is 1.09 bits per heavy atom. The second-order valence-corrected chi connectivity index (χ2v) is 6.83. The minimum absolute atomic E-state index is 0.243. The molecule has 0 amide bonds. The second kappa shape index (κ2) is 7.53.